The van der Waals surface area contributed by atoms with Gasteiger partial charge in [-0.25, -0.2) is 0 Å². The van der Waals surface area contributed by atoms with Gasteiger partial charge in [0.05, 0.1) is 0 Å². The molecule has 0 nitrogen and oxygen atoms in total. The second-order valence-corrected chi connectivity index (χ2v) is 8.00. The van der Waals surface area contributed by atoms with Crippen LogP contribution in [0.1, 0.15) is 16.7 Å². The minimum atomic E-state index is 1.28. The van der Waals surface area contributed by atoms with Crippen molar-refractivity contribution in [2.75, 3.05) is 0 Å². The first kappa shape index (κ1) is 16.8. The highest BCUT2D eigenvalue weighted by molar-refractivity contribution is 7.19. The summed E-state index contributed by atoms with van der Waals surface area (Å²) in [5.74, 6) is 0. The fourth-order valence-corrected chi connectivity index (χ4v) is 4.31. The van der Waals surface area contributed by atoms with Crippen LogP contribution in [0.4, 0.5) is 0 Å². The average molecular weight is 355 g/mol. The van der Waals surface area contributed by atoms with Crippen molar-refractivity contribution in [3.63, 3.8) is 0 Å². The van der Waals surface area contributed by atoms with E-state index in [1.165, 1.54) is 48.7 Å². The lowest BCUT2D eigenvalue weighted by molar-refractivity contribution is 1.47. The molecule has 0 unspecified atom stereocenters. The van der Waals surface area contributed by atoms with Crippen LogP contribution in [-0.2, 0) is 0 Å². The van der Waals surface area contributed by atoms with Crippen LogP contribution in [0.15, 0.2) is 78.9 Å². The van der Waals surface area contributed by atoms with E-state index in [2.05, 4.69) is 99.6 Å². The molecule has 1 heterocycles. The van der Waals surface area contributed by atoms with Crippen LogP contribution in [0, 0.1) is 20.8 Å². The summed E-state index contributed by atoms with van der Waals surface area (Å²) in [6, 6.07) is 28.9. The Morgan fingerprint density at radius 2 is 0.923 bits per heavy atom. The van der Waals surface area contributed by atoms with Crippen LogP contribution >= 0.6 is 11.3 Å². The number of benzene rings is 3. The third kappa shape index (κ3) is 3.36. The molecule has 0 atom stereocenters. The summed E-state index contributed by atoms with van der Waals surface area (Å²) in [5.41, 5.74) is 9.04. The van der Waals surface area contributed by atoms with E-state index in [4.69, 9.17) is 0 Å². The average Bonchev–Trinajstić information content (AvgIpc) is 3.09. The molecule has 0 N–H and O–H groups in total. The Hall–Kier alpha value is -2.64. The van der Waals surface area contributed by atoms with E-state index in [0.29, 0.717) is 0 Å². The van der Waals surface area contributed by atoms with Gasteiger partial charge >= 0.3 is 0 Å². The largest absolute Gasteiger partial charge is 0.135 e. The number of hydrogen-bond donors (Lipinski definition) is 0. The maximum atomic E-state index is 2.34. The fraction of sp³-hybridized carbons (Fsp3) is 0.120. The summed E-state index contributed by atoms with van der Waals surface area (Å²) in [6.45, 7) is 6.40. The van der Waals surface area contributed by atoms with Crippen LogP contribution in [0.3, 0.4) is 0 Å². The summed E-state index contributed by atoms with van der Waals surface area (Å²) >= 11 is 1.88. The molecule has 3 aromatic carbocycles. The Balaban J connectivity index is 1.88. The van der Waals surface area contributed by atoms with Crippen molar-refractivity contribution in [3.05, 3.63) is 95.6 Å². The monoisotopic (exact) mass is 354 g/mol. The second kappa shape index (κ2) is 6.93. The van der Waals surface area contributed by atoms with Gasteiger partial charge in [-0.2, -0.15) is 0 Å². The Kier molecular flexibility index (Phi) is 4.48. The standard InChI is InChI=1S/C25H22S/c1-17-4-10-20(11-5-17)23-16-24(21-12-6-18(2)7-13-21)26-25(23)22-14-8-19(3)9-15-22/h4-16H,1-3H3. The van der Waals surface area contributed by atoms with Gasteiger partial charge in [0.25, 0.3) is 0 Å². The molecule has 0 saturated carbocycles. The van der Waals surface area contributed by atoms with Gasteiger partial charge in [-0.15, -0.1) is 11.3 Å². The predicted molar refractivity (Wildman–Crippen MR) is 115 cm³/mol. The molecule has 0 aliphatic rings. The third-order valence-corrected chi connectivity index (χ3v) is 5.98. The summed E-state index contributed by atoms with van der Waals surface area (Å²) < 4.78 is 0. The van der Waals surface area contributed by atoms with Gasteiger partial charge in [-0.05, 0) is 43.5 Å². The highest BCUT2D eigenvalue weighted by atomic mass is 32.1. The van der Waals surface area contributed by atoms with E-state index in [1.807, 2.05) is 11.3 Å². The normalized spacial score (nSPS) is 10.9. The maximum absolute atomic E-state index is 2.34. The summed E-state index contributed by atoms with van der Waals surface area (Å²) in [6.07, 6.45) is 0. The predicted octanol–water partition coefficient (Wildman–Crippen LogP) is 7.67. The molecule has 0 aliphatic heterocycles. The highest BCUT2D eigenvalue weighted by Gasteiger charge is 2.14. The zero-order valence-electron chi connectivity index (χ0n) is 15.4. The smallest absolute Gasteiger partial charge is 0.0427 e. The lowest BCUT2D eigenvalue weighted by Gasteiger charge is -2.05. The topological polar surface area (TPSA) is 0 Å². The van der Waals surface area contributed by atoms with E-state index in [-0.39, 0.29) is 0 Å². The summed E-state index contributed by atoms with van der Waals surface area (Å²) in [4.78, 5) is 2.65. The van der Waals surface area contributed by atoms with E-state index in [0.717, 1.165) is 0 Å². The van der Waals surface area contributed by atoms with Gasteiger partial charge in [-0.1, -0.05) is 89.5 Å². The molecule has 0 spiro atoms. The highest BCUT2D eigenvalue weighted by Crippen LogP contribution is 2.43. The first-order chi connectivity index (χ1) is 12.6. The van der Waals surface area contributed by atoms with Crippen molar-refractivity contribution in [2.45, 2.75) is 20.8 Å². The lowest BCUT2D eigenvalue weighted by atomic mass is 10.00. The van der Waals surface area contributed by atoms with Gasteiger partial charge in [0, 0.05) is 15.3 Å². The van der Waals surface area contributed by atoms with Crippen LogP contribution < -0.4 is 0 Å². The van der Waals surface area contributed by atoms with Gasteiger partial charge in [0.2, 0.25) is 0 Å². The zero-order valence-corrected chi connectivity index (χ0v) is 16.2. The molecule has 0 amide bonds. The molecule has 1 heteroatoms. The molecule has 0 aliphatic carbocycles. The van der Waals surface area contributed by atoms with Gasteiger partial charge in [0.1, 0.15) is 0 Å². The van der Waals surface area contributed by atoms with E-state index in [9.17, 15) is 0 Å². The molecule has 4 rings (SSSR count). The molecular formula is C25H22S. The summed E-state index contributed by atoms with van der Waals surface area (Å²) in [7, 11) is 0. The van der Waals surface area contributed by atoms with Crippen molar-refractivity contribution < 1.29 is 0 Å². The number of thiophene rings is 1. The van der Waals surface area contributed by atoms with E-state index < -0.39 is 0 Å². The van der Waals surface area contributed by atoms with Crippen molar-refractivity contribution in [1.29, 1.82) is 0 Å². The molecule has 128 valence electrons. The molecule has 0 saturated heterocycles. The van der Waals surface area contributed by atoms with E-state index >= 15 is 0 Å². The molecule has 0 radical (unpaired) electrons. The van der Waals surface area contributed by atoms with Gasteiger partial charge < -0.3 is 0 Å². The third-order valence-electron chi connectivity index (χ3n) is 4.74. The van der Waals surface area contributed by atoms with E-state index in [1.54, 1.807) is 0 Å². The van der Waals surface area contributed by atoms with Crippen molar-refractivity contribution >= 4 is 11.3 Å². The zero-order chi connectivity index (χ0) is 18.1. The first-order valence-electron chi connectivity index (χ1n) is 8.95. The number of aryl methyl sites for hydroxylation is 3. The molecule has 26 heavy (non-hydrogen) atoms. The van der Waals surface area contributed by atoms with Gasteiger partial charge in [0.15, 0.2) is 0 Å². The van der Waals surface area contributed by atoms with Crippen LogP contribution in [0.5, 0.6) is 0 Å². The molecule has 0 fully saturated rings. The fourth-order valence-electron chi connectivity index (χ4n) is 3.12. The Labute approximate surface area is 159 Å². The minimum Gasteiger partial charge on any atom is -0.135 e. The summed E-state index contributed by atoms with van der Waals surface area (Å²) in [5, 5.41) is 0. The van der Waals surface area contributed by atoms with Crippen molar-refractivity contribution in [2.24, 2.45) is 0 Å². The van der Waals surface area contributed by atoms with Crippen molar-refractivity contribution in [3.8, 4) is 32.0 Å². The van der Waals surface area contributed by atoms with Crippen molar-refractivity contribution in [1.82, 2.24) is 0 Å². The molecule has 4 aromatic rings. The Bertz CT molecular complexity index is 954. The SMILES string of the molecule is Cc1ccc(-c2cc(-c3ccc(C)cc3)c(-c3ccc(C)cc3)s2)cc1. The lowest BCUT2D eigenvalue weighted by Crippen LogP contribution is -1.80. The number of hydrogen-bond acceptors (Lipinski definition) is 1. The molecule has 1 aromatic heterocycles. The molecular weight excluding hydrogens is 332 g/mol. The Morgan fingerprint density at radius 3 is 1.42 bits per heavy atom. The van der Waals surface area contributed by atoms with Gasteiger partial charge in [-0.3, -0.25) is 0 Å². The maximum Gasteiger partial charge on any atom is 0.0427 e. The molecule has 0 bridgehead atoms. The van der Waals surface area contributed by atoms with Crippen LogP contribution in [0.25, 0.3) is 32.0 Å². The first-order valence-corrected chi connectivity index (χ1v) is 9.77. The minimum absolute atomic E-state index is 1.28. The quantitative estimate of drug-likeness (QED) is 0.354. The van der Waals surface area contributed by atoms with Crippen LogP contribution in [0.2, 0.25) is 0 Å². The Morgan fingerprint density at radius 1 is 0.500 bits per heavy atom. The van der Waals surface area contributed by atoms with Crippen LogP contribution in [-0.4, -0.2) is 0 Å². The number of rotatable bonds is 3. The second-order valence-electron chi connectivity index (χ2n) is 6.95.